The van der Waals surface area contributed by atoms with E-state index in [9.17, 15) is 18.0 Å². The Balaban J connectivity index is 1.44. The van der Waals surface area contributed by atoms with Gasteiger partial charge < -0.3 is 10.2 Å². The number of alkyl halides is 3. The van der Waals surface area contributed by atoms with Gasteiger partial charge in [0.1, 0.15) is 0 Å². The molecule has 1 amide bonds. The van der Waals surface area contributed by atoms with Crippen molar-refractivity contribution in [3.8, 4) is 0 Å². The molecule has 1 saturated carbocycles. The molecule has 0 bridgehead atoms. The molecule has 1 aliphatic heterocycles. The fourth-order valence-corrected chi connectivity index (χ4v) is 4.20. The molecule has 8 heteroatoms. The lowest BCUT2D eigenvalue weighted by Crippen LogP contribution is -2.51. The van der Waals surface area contributed by atoms with E-state index in [1.165, 1.54) is 0 Å². The van der Waals surface area contributed by atoms with E-state index in [0.717, 1.165) is 18.8 Å². The highest BCUT2D eigenvalue weighted by molar-refractivity contribution is 6.33. The number of carbonyl (C=O) groups excluding carboxylic acids is 1. The lowest BCUT2D eigenvalue weighted by Gasteiger charge is -2.36. The van der Waals surface area contributed by atoms with Gasteiger partial charge in [-0.3, -0.25) is 9.69 Å². The fourth-order valence-electron chi connectivity index (χ4n) is 3.95. The zero-order valence-electron chi connectivity index (χ0n) is 15.1. The van der Waals surface area contributed by atoms with Gasteiger partial charge in [0.2, 0.25) is 5.91 Å². The number of anilines is 1. The number of para-hydroxylation sites is 1. The summed E-state index contributed by atoms with van der Waals surface area (Å²) in [5, 5.41) is 3.51. The minimum Gasteiger partial charge on any atom is -0.368 e. The Labute approximate surface area is 162 Å². The van der Waals surface area contributed by atoms with Crippen LogP contribution < -0.4 is 10.2 Å². The zero-order chi connectivity index (χ0) is 19.4. The highest BCUT2D eigenvalue weighted by atomic mass is 35.5. The summed E-state index contributed by atoms with van der Waals surface area (Å²) < 4.78 is 38.7. The number of carbonyl (C=O) groups is 1. The van der Waals surface area contributed by atoms with Gasteiger partial charge in [0, 0.05) is 32.2 Å². The average molecular weight is 404 g/mol. The van der Waals surface area contributed by atoms with Crippen LogP contribution >= 0.6 is 11.6 Å². The second-order valence-corrected chi connectivity index (χ2v) is 7.79. The molecule has 2 fully saturated rings. The van der Waals surface area contributed by atoms with E-state index in [0.29, 0.717) is 31.0 Å². The molecule has 2 aliphatic rings. The first-order chi connectivity index (χ1) is 12.8. The minimum absolute atomic E-state index is 0.00444. The lowest BCUT2D eigenvalue weighted by molar-refractivity contribution is -0.184. The summed E-state index contributed by atoms with van der Waals surface area (Å²) in [5.74, 6) is -1.48. The van der Waals surface area contributed by atoms with E-state index < -0.39 is 12.1 Å². The molecule has 0 unspecified atom stereocenters. The van der Waals surface area contributed by atoms with Crippen molar-refractivity contribution in [2.45, 2.75) is 37.9 Å². The summed E-state index contributed by atoms with van der Waals surface area (Å²) in [6, 6.07) is 7.29. The molecule has 1 aromatic rings. The quantitative estimate of drug-likeness (QED) is 0.832. The standard InChI is InChI=1S/C19H25ClF3N3O/c20-16-6-1-2-7-17(16)26-10-8-25(9-11-26)13-18(27)24-15-5-3-4-14(12-15)19(21,22)23/h1-2,6-7,14-15H,3-5,8-13H2,(H,24,27)/t14-,15+/m0/s1. The number of benzene rings is 1. The molecule has 27 heavy (non-hydrogen) atoms. The normalized spacial score (nSPS) is 24.7. The van der Waals surface area contributed by atoms with E-state index in [-0.39, 0.29) is 31.3 Å². The van der Waals surface area contributed by atoms with Crippen LogP contribution in [0.25, 0.3) is 0 Å². The van der Waals surface area contributed by atoms with Crippen LogP contribution in [0, 0.1) is 5.92 Å². The number of hydrogen-bond acceptors (Lipinski definition) is 3. The Bertz CT molecular complexity index is 647. The molecule has 0 radical (unpaired) electrons. The molecule has 0 aromatic heterocycles. The van der Waals surface area contributed by atoms with E-state index in [1.807, 2.05) is 29.2 Å². The molecule has 1 saturated heterocycles. The number of nitrogens with one attached hydrogen (secondary N) is 1. The van der Waals surface area contributed by atoms with Crippen molar-refractivity contribution in [3.05, 3.63) is 29.3 Å². The third-order valence-corrected chi connectivity index (χ3v) is 5.75. The second-order valence-electron chi connectivity index (χ2n) is 7.38. The van der Waals surface area contributed by atoms with E-state index in [2.05, 4.69) is 10.2 Å². The number of hydrogen-bond donors (Lipinski definition) is 1. The molecular weight excluding hydrogens is 379 g/mol. The summed E-state index contributed by atoms with van der Waals surface area (Å²) >= 11 is 6.23. The Kier molecular flexibility index (Phi) is 6.52. The van der Waals surface area contributed by atoms with Crippen LogP contribution in [0.5, 0.6) is 0 Å². The van der Waals surface area contributed by atoms with Crippen molar-refractivity contribution >= 4 is 23.2 Å². The van der Waals surface area contributed by atoms with Gasteiger partial charge in [-0.2, -0.15) is 13.2 Å². The van der Waals surface area contributed by atoms with Crippen LogP contribution in [0.2, 0.25) is 5.02 Å². The van der Waals surface area contributed by atoms with Crippen LogP contribution in [0.15, 0.2) is 24.3 Å². The summed E-state index contributed by atoms with van der Waals surface area (Å²) in [7, 11) is 0. The first-order valence-corrected chi connectivity index (χ1v) is 9.78. The summed E-state index contributed by atoms with van der Waals surface area (Å²) in [4.78, 5) is 16.5. The van der Waals surface area contributed by atoms with Crippen molar-refractivity contribution in [1.29, 1.82) is 0 Å². The van der Waals surface area contributed by atoms with Crippen LogP contribution in [-0.2, 0) is 4.79 Å². The van der Waals surface area contributed by atoms with E-state index in [4.69, 9.17) is 11.6 Å². The van der Waals surface area contributed by atoms with Crippen LogP contribution in [-0.4, -0.2) is 55.7 Å². The predicted molar refractivity (Wildman–Crippen MR) is 100 cm³/mol. The molecule has 1 aromatic carbocycles. The van der Waals surface area contributed by atoms with Crippen molar-refractivity contribution in [1.82, 2.24) is 10.2 Å². The second kappa shape index (κ2) is 8.69. The highest BCUT2D eigenvalue weighted by Crippen LogP contribution is 2.37. The predicted octanol–water partition coefficient (Wildman–Crippen LogP) is 3.70. The molecule has 150 valence electrons. The maximum Gasteiger partial charge on any atom is 0.391 e. The zero-order valence-corrected chi connectivity index (χ0v) is 15.9. The Morgan fingerprint density at radius 3 is 2.52 bits per heavy atom. The summed E-state index contributed by atoms with van der Waals surface area (Å²) in [6.07, 6.45) is -2.88. The number of nitrogens with zero attached hydrogens (tertiary/aromatic N) is 2. The molecule has 1 N–H and O–H groups in total. The maximum atomic E-state index is 12.9. The number of halogens is 4. The van der Waals surface area contributed by atoms with Crippen LogP contribution in [0.3, 0.4) is 0 Å². The van der Waals surface area contributed by atoms with Crippen LogP contribution in [0.4, 0.5) is 18.9 Å². The Hall–Kier alpha value is -1.47. The van der Waals surface area contributed by atoms with Gasteiger partial charge >= 0.3 is 6.18 Å². The van der Waals surface area contributed by atoms with Crippen molar-refractivity contribution in [2.24, 2.45) is 5.92 Å². The lowest BCUT2D eigenvalue weighted by atomic mass is 9.85. The van der Waals surface area contributed by atoms with Gasteiger partial charge in [0.05, 0.1) is 23.2 Å². The third-order valence-electron chi connectivity index (χ3n) is 5.43. The number of piperazine rings is 1. The summed E-state index contributed by atoms with van der Waals surface area (Å²) in [6.45, 7) is 3.18. The molecule has 2 atom stereocenters. The van der Waals surface area contributed by atoms with Gasteiger partial charge in [0.25, 0.3) is 0 Å². The van der Waals surface area contributed by atoms with Crippen LogP contribution in [0.1, 0.15) is 25.7 Å². The van der Waals surface area contributed by atoms with Gasteiger partial charge in [-0.05, 0) is 31.4 Å². The first-order valence-electron chi connectivity index (χ1n) is 9.41. The molecular formula is C19H25ClF3N3O. The maximum absolute atomic E-state index is 12.9. The largest absolute Gasteiger partial charge is 0.391 e. The minimum atomic E-state index is -4.17. The Morgan fingerprint density at radius 2 is 1.85 bits per heavy atom. The first kappa shape index (κ1) is 20.3. The topological polar surface area (TPSA) is 35.6 Å². The van der Waals surface area contributed by atoms with E-state index in [1.54, 1.807) is 0 Å². The van der Waals surface area contributed by atoms with E-state index >= 15 is 0 Å². The van der Waals surface area contributed by atoms with Crippen molar-refractivity contribution in [3.63, 3.8) is 0 Å². The smallest absolute Gasteiger partial charge is 0.368 e. The summed E-state index contributed by atoms with van der Waals surface area (Å²) in [5.41, 5.74) is 0.990. The average Bonchev–Trinajstić information content (AvgIpc) is 2.62. The molecule has 1 heterocycles. The molecule has 1 aliphatic carbocycles. The highest BCUT2D eigenvalue weighted by Gasteiger charge is 2.42. The molecule has 3 rings (SSSR count). The molecule has 0 spiro atoms. The van der Waals surface area contributed by atoms with Gasteiger partial charge in [0.15, 0.2) is 0 Å². The van der Waals surface area contributed by atoms with Gasteiger partial charge in [-0.25, -0.2) is 0 Å². The van der Waals surface area contributed by atoms with Crippen molar-refractivity contribution in [2.75, 3.05) is 37.6 Å². The number of amides is 1. The van der Waals surface area contributed by atoms with Gasteiger partial charge in [-0.1, -0.05) is 30.2 Å². The molecule has 4 nitrogen and oxygen atoms in total. The SMILES string of the molecule is O=C(CN1CCN(c2ccccc2Cl)CC1)N[C@@H]1CCC[C@H](C(F)(F)F)C1. The Morgan fingerprint density at radius 1 is 1.15 bits per heavy atom. The van der Waals surface area contributed by atoms with Crippen molar-refractivity contribution < 1.29 is 18.0 Å². The monoisotopic (exact) mass is 403 g/mol. The van der Waals surface area contributed by atoms with Gasteiger partial charge in [-0.15, -0.1) is 0 Å². The third kappa shape index (κ3) is 5.51. The fraction of sp³-hybridized carbons (Fsp3) is 0.632. The number of rotatable bonds is 4.